The Kier molecular flexibility index (Phi) is 5.17. The maximum atomic E-state index is 13.2. The van der Waals surface area contributed by atoms with Crippen LogP contribution in [0.25, 0.3) is 11.1 Å². The molecule has 0 unspecified atom stereocenters. The summed E-state index contributed by atoms with van der Waals surface area (Å²) < 4.78 is 1.08. The molecule has 0 fully saturated rings. The van der Waals surface area contributed by atoms with Gasteiger partial charge < -0.3 is 10.4 Å². The highest BCUT2D eigenvalue weighted by Crippen LogP contribution is 2.44. The van der Waals surface area contributed by atoms with E-state index in [1.807, 2.05) is 72.8 Å². The number of amides is 1. The van der Waals surface area contributed by atoms with Crippen molar-refractivity contribution in [2.45, 2.75) is 18.4 Å². The minimum atomic E-state index is -1.04. The van der Waals surface area contributed by atoms with Gasteiger partial charge in [0.2, 0.25) is 5.91 Å². The zero-order chi connectivity index (χ0) is 19.7. The van der Waals surface area contributed by atoms with Crippen LogP contribution in [0.5, 0.6) is 0 Å². The van der Waals surface area contributed by atoms with Crippen molar-refractivity contribution in [3.05, 3.63) is 93.1 Å². The summed E-state index contributed by atoms with van der Waals surface area (Å²) in [6.07, 6.45) is 0.244. The number of carboxylic acid groups (broad SMARTS) is 1. The molecule has 1 amide bonds. The van der Waals surface area contributed by atoms with E-state index in [0.717, 1.165) is 31.4 Å². The molecule has 2 N–H and O–H groups in total. The van der Waals surface area contributed by atoms with E-state index in [4.69, 9.17) is 0 Å². The van der Waals surface area contributed by atoms with Crippen molar-refractivity contribution in [1.29, 1.82) is 0 Å². The average molecular weight is 483 g/mol. The SMILES string of the molecule is O=C(N[C@H](Cc1ccc(I)cc1)C(=O)O)C1c2ccccc2-c2ccccc21. The van der Waals surface area contributed by atoms with E-state index in [1.165, 1.54) is 0 Å². The molecular formula is C23H18INO3. The zero-order valence-electron chi connectivity index (χ0n) is 14.9. The molecule has 5 heteroatoms. The third-order valence-electron chi connectivity index (χ3n) is 5.06. The van der Waals surface area contributed by atoms with Gasteiger partial charge in [-0.05, 0) is 62.5 Å². The second kappa shape index (κ2) is 7.75. The number of fused-ring (bicyclic) bond motifs is 3. The number of rotatable bonds is 5. The van der Waals surface area contributed by atoms with Crippen LogP contribution in [0.4, 0.5) is 0 Å². The van der Waals surface area contributed by atoms with Gasteiger partial charge in [0, 0.05) is 9.99 Å². The lowest BCUT2D eigenvalue weighted by Gasteiger charge is -2.19. The molecule has 4 nitrogen and oxygen atoms in total. The summed E-state index contributed by atoms with van der Waals surface area (Å²) in [6, 6.07) is 22.3. The predicted molar refractivity (Wildman–Crippen MR) is 116 cm³/mol. The number of benzene rings is 3. The molecule has 3 aromatic carbocycles. The van der Waals surface area contributed by atoms with Crippen LogP contribution < -0.4 is 5.32 Å². The quantitative estimate of drug-likeness (QED) is 0.535. The highest BCUT2D eigenvalue weighted by Gasteiger charge is 2.35. The van der Waals surface area contributed by atoms with Crippen LogP contribution in [-0.4, -0.2) is 23.0 Å². The minimum Gasteiger partial charge on any atom is -0.480 e. The lowest BCUT2D eigenvalue weighted by molar-refractivity contribution is -0.141. The molecule has 1 aliphatic carbocycles. The van der Waals surface area contributed by atoms with Crippen molar-refractivity contribution in [2.75, 3.05) is 0 Å². The maximum Gasteiger partial charge on any atom is 0.326 e. The largest absolute Gasteiger partial charge is 0.480 e. The van der Waals surface area contributed by atoms with Crippen LogP contribution >= 0.6 is 22.6 Å². The molecule has 140 valence electrons. The van der Waals surface area contributed by atoms with Gasteiger partial charge in [-0.3, -0.25) is 4.79 Å². The number of carbonyl (C=O) groups is 2. The lowest BCUT2D eigenvalue weighted by atomic mass is 9.95. The Balaban J connectivity index is 1.61. The third kappa shape index (κ3) is 3.54. The van der Waals surface area contributed by atoms with Gasteiger partial charge in [0.15, 0.2) is 0 Å². The molecule has 0 spiro atoms. The Morgan fingerprint density at radius 2 is 1.43 bits per heavy atom. The fourth-order valence-corrected chi connectivity index (χ4v) is 4.11. The van der Waals surface area contributed by atoms with Gasteiger partial charge in [-0.1, -0.05) is 60.7 Å². The number of hydrogen-bond donors (Lipinski definition) is 2. The molecule has 0 bridgehead atoms. The number of carbonyl (C=O) groups excluding carboxylic acids is 1. The Hall–Kier alpha value is -2.67. The lowest BCUT2D eigenvalue weighted by Crippen LogP contribution is -2.44. The van der Waals surface area contributed by atoms with Gasteiger partial charge in [-0.15, -0.1) is 0 Å². The van der Waals surface area contributed by atoms with Crippen molar-refractivity contribution < 1.29 is 14.7 Å². The van der Waals surface area contributed by atoms with E-state index in [0.29, 0.717) is 0 Å². The summed E-state index contributed by atoms with van der Waals surface area (Å²) in [5.41, 5.74) is 4.77. The van der Waals surface area contributed by atoms with Gasteiger partial charge in [0.05, 0.1) is 5.92 Å². The number of aliphatic carboxylic acids is 1. The van der Waals surface area contributed by atoms with Crippen LogP contribution in [0.3, 0.4) is 0 Å². The fraction of sp³-hybridized carbons (Fsp3) is 0.130. The van der Waals surface area contributed by atoms with Crippen LogP contribution in [0.15, 0.2) is 72.8 Å². The smallest absolute Gasteiger partial charge is 0.326 e. The molecule has 0 aromatic heterocycles. The topological polar surface area (TPSA) is 66.4 Å². The van der Waals surface area contributed by atoms with Gasteiger partial charge in [0.25, 0.3) is 0 Å². The van der Waals surface area contributed by atoms with Crippen LogP contribution in [-0.2, 0) is 16.0 Å². The number of nitrogens with one attached hydrogen (secondary N) is 1. The molecule has 0 heterocycles. The first-order valence-corrected chi connectivity index (χ1v) is 10.1. The summed E-state index contributed by atoms with van der Waals surface area (Å²) in [7, 11) is 0. The number of hydrogen-bond acceptors (Lipinski definition) is 2. The second-order valence-corrected chi connectivity index (χ2v) is 8.08. The first-order chi connectivity index (χ1) is 13.5. The van der Waals surface area contributed by atoms with Crippen molar-refractivity contribution in [3.63, 3.8) is 0 Å². The molecular weight excluding hydrogens is 465 g/mol. The van der Waals surface area contributed by atoms with Crippen molar-refractivity contribution in [2.24, 2.45) is 0 Å². The highest BCUT2D eigenvalue weighted by atomic mass is 127. The molecule has 1 atom stereocenters. The molecule has 28 heavy (non-hydrogen) atoms. The maximum absolute atomic E-state index is 13.2. The standard InChI is InChI=1S/C23H18INO3/c24-15-11-9-14(10-12-15)13-20(23(27)28)25-22(26)21-18-7-3-1-5-16(18)17-6-2-4-8-19(17)21/h1-12,20-21H,13H2,(H,25,26)(H,27,28)/t20-/m1/s1. The van der Waals surface area contributed by atoms with E-state index < -0.39 is 17.9 Å². The first kappa shape index (κ1) is 18.7. The molecule has 0 aliphatic heterocycles. The Morgan fingerprint density at radius 1 is 0.893 bits per heavy atom. The van der Waals surface area contributed by atoms with Crippen molar-refractivity contribution in [1.82, 2.24) is 5.32 Å². The number of halogens is 1. The zero-order valence-corrected chi connectivity index (χ0v) is 17.1. The molecule has 0 saturated heterocycles. The normalized spacial score (nSPS) is 13.5. The van der Waals surface area contributed by atoms with E-state index >= 15 is 0 Å². The molecule has 3 aromatic rings. The summed E-state index contributed by atoms with van der Waals surface area (Å²) in [6.45, 7) is 0. The van der Waals surface area contributed by atoms with Gasteiger partial charge in [0.1, 0.15) is 6.04 Å². The second-order valence-electron chi connectivity index (χ2n) is 6.84. The predicted octanol–water partition coefficient (Wildman–Crippen LogP) is 4.22. The van der Waals surface area contributed by atoms with Crippen LogP contribution in [0.2, 0.25) is 0 Å². The fourth-order valence-electron chi connectivity index (χ4n) is 3.75. The van der Waals surface area contributed by atoms with Crippen molar-refractivity contribution in [3.8, 4) is 11.1 Å². The van der Waals surface area contributed by atoms with Crippen molar-refractivity contribution >= 4 is 34.5 Å². The summed E-state index contributed by atoms with van der Waals surface area (Å²) in [5, 5.41) is 12.4. The molecule has 4 rings (SSSR count). The van der Waals surface area contributed by atoms with Gasteiger partial charge in [-0.25, -0.2) is 4.79 Å². The molecule has 1 aliphatic rings. The van der Waals surface area contributed by atoms with E-state index in [1.54, 1.807) is 0 Å². The Bertz CT molecular complexity index is 1000. The Labute approximate surface area is 176 Å². The van der Waals surface area contributed by atoms with Crippen LogP contribution in [0.1, 0.15) is 22.6 Å². The van der Waals surface area contributed by atoms with Crippen LogP contribution in [0, 0.1) is 3.57 Å². The molecule has 0 radical (unpaired) electrons. The third-order valence-corrected chi connectivity index (χ3v) is 5.78. The molecule has 0 saturated carbocycles. The monoisotopic (exact) mass is 483 g/mol. The Morgan fingerprint density at radius 3 is 1.96 bits per heavy atom. The van der Waals surface area contributed by atoms with E-state index in [2.05, 4.69) is 27.9 Å². The van der Waals surface area contributed by atoms with Gasteiger partial charge >= 0.3 is 5.97 Å². The summed E-state index contributed by atoms with van der Waals surface area (Å²) in [5.74, 6) is -1.81. The summed E-state index contributed by atoms with van der Waals surface area (Å²) in [4.78, 5) is 25.0. The number of carboxylic acids is 1. The first-order valence-electron chi connectivity index (χ1n) is 9.00. The summed E-state index contributed by atoms with van der Waals surface area (Å²) >= 11 is 2.20. The van der Waals surface area contributed by atoms with E-state index in [9.17, 15) is 14.7 Å². The average Bonchev–Trinajstić information content (AvgIpc) is 3.03. The minimum absolute atomic E-state index is 0.244. The van der Waals surface area contributed by atoms with E-state index in [-0.39, 0.29) is 12.3 Å². The highest BCUT2D eigenvalue weighted by molar-refractivity contribution is 14.1. The van der Waals surface area contributed by atoms with Gasteiger partial charge in [-0.2, -0.15) is 0 Å².